The summed E-state index contributed by atoms with van der Waals surface area (Å²) in [5.74, 6) is 1.05. The van der Waals surface area contributed by atoms with Gasteiger partial charge in [0.15, 0.2) is 0 Å². The van der Waals surface area contributed by atoms with Crippen LogP contribution in [0.25, 0.3) is 11.0 Å². The molecule has 25 heavy (non-hydrogen) atoms. The molecule has 2 N–H and O–H groups in total. The monoisotopic (exact) mass is 397 g/mol. The summed E-state index contributed by atoms with van der Waals surface area (Å²) in [4.78, 5) is 20.7. The number of hydrogen-bond acceptors (Lipinski definition) is 2. The Morgan fingerprint density at radius 2 is 1.92 bits per heavy atom. The van der Waals surface area contributed by atoms with Gasteiger partial charge < -0.3 is 10.3 Å². The molecule has 3 aromatic rings. The summed E-state index contributed by atoms with van der Waals surface area (Å²) in [6.45, 7) is 0.594. The van der Waals surface area contributed by atoms with E-state index >= 15 is 0 Å². The second-order valence-corrected chi connectivity index (χ2v) is 7.56. The minimum atomic E-state index is -0.353. The van der Waals surface area contributed by atoms with Gasteiger partial charge in [-0.2, -0.15) is 0 Å². The fraction of sp³-hybridized carbons (Fsp3) is 0.300. The number of carbonyl (C=O) groups excluding carboxylic acids is 1. The summed E-state index contributed by atoms with van der Waals surface area (Å²) < 4.78 is 1.04. The standard InChI is InChI=1S/C20H20BrN3O/c21-15-8-6-14(7-9-15)20(11-3-12-20)19(25)22-13-10-18-23-16-4-1-2-5-17(16)24-18/h1-2,4-9H,3,10-13H2,(H,22,25)(H,23,24). The van der Waals surface area contributed by atoms with Gasteiger partial charge in [0, 0.05) is 17.4 Å². The van der Waals surface area contributed by atoms with Crippen molar-refractivity contribution in [2.75, 3.05) is 6.54 Å². The van der Waals surface area contributed by atoms with Crippen LogP contribution in [0.5, 0.6) is 0 Å². The topological polar surface area (TPSA) is 57.8 Å². The van der Waals surface area contributed by atoms with Crippen LogP contribution in [0.2, 0.25) is 0 Å². The summed E-state index contributed by atoms with van der Waals surface area (Å²) in [7, 11) is 0. The normalized spacial score (nSPS) is 15.7. The zero-order chi connectivity index (χ0) is 17.3. The van der Waals surface area contributed by atoms with E-state index in [-0.39, 0.29) is 11.3 Å². The van der Waals surface area contributed by atoms with Gasteiger partial charge >= 0.3 is 0 Å². The maximum atomic E-state index is 12.8. The number of para-hydroxylation sites is 2. The molecule has 0 unspecified atom stereocenters. The maximum Gasteiger partial charge on any atom is 0.230 e. The number of fused-ring (bicyclic) bond motifs is 1. The molecule has 1 saturated carbocycles. The number of H-pyrrole nitrogens is 1. The van der Waals surface area contributed by atoms with E-state index in [1.165, 1.54) is 0 Å². The highest BCUT2D eigenvalue weighted by Crippen LogP contribution is 2.44. The molecule has 128 valence electrons. The third kappa shape index (κ3) is 3.09. The Hall–Kier alpha value is -2.14. The van der Waals surface area contributed by atoms with E-state index in [0.29, 0.717) is 13.0 Å². The number of imidazole rings is 1. The molecule has 5 heteroatoms. The van der Waals surface area contributed by atoms with Crippen molar-refractivity contribution in [2.24, 2.45) is 0 Å². The van der Waals surface area contributed by atoms with E-state index in [0.717, 1.165) is 46.2 Å². The van der Waals surface area contributed by atoms with Crippen LogP contribution in [0.4, 0.5) is 0 Å². The highest BCUT2D eigenvalue weighted by Gasteiger charge is 2.45. The lowest BCUT2D eigenvalue weighted by atomic mass is 9.64. The first-order valence-electron chi connectivity index (χ1n) is 8.65. The Morgan fingerprint density at radius 3 is 2.60 bits per heavy atom. The van der Waals surface area contributed by atoms with Crippen LogP contribution in [-0.4, -0.2) is 22.4 Å². The van der Waals surface area contributed by atoms with Gasteiger partial charge in [-0.1, -0.05) is 46.6 Å². The average Bonchev–Trinajstić information content (AvgIpc) is 2.98. The highest BCUT2D eigenvalue weighted by atomic mass is 79.9. The summed E-state index contributed by atoms with van der Waals surface area (Å²) in [5, 5.41) is 3.12. The fourth-order valence-electron chi connectivity index (χ4n) is 3.53. The predicted molar refractivity (Wildman–Crippen MR) is 102 cm³/mol. The van der Waals surface area contributed by atoms with Crippen molar-refractivity contribution in [3.05, 3.63) is 64.4 Å². The molecule has 4 rings (SSSR count). The molecule has 0 spiro atoms. The first-order chi connectivity index (χ1) is 12.2. The smallest absolute Gasteiger partial charge is 0.230 e. The number of nitrogens with zero attached hydrogens (tertiary/aromatic N) is 1. The number of rotatable bonds is 5. The molecular formula is C20H20BrN3O. The molecule has 0 saturated heterocycles. The minimum Gasteiger partial charge on any atom is -0.355 e. The van der Waals surface area contributed by atoms with E-state index in [1.807, 2.05) is 36.4 Å². The number of benzene rings is 2. The molecule has 1 aliphatic carbocycles. The maximum absolute atomic E-state index is 12.8. The minimum absolute atomic E-state index is 0.136. The van der Waals surface area contributed by atoms with Crippen LogP contribution < -0.4 is 5.32 Å². The van der Waals surface area contributed by atoms with Crippen molar-refractivity contribution >= 4 is 32.9 Å². The number of halogens is 1. The largest absolute Gasteiger partial charge is 0.355 e. The Balaban J connectivity index is 1.41. The summed E-state index contributed by atoms with van der Waals surface area (Å²) in [6, 6.07) is 16.1. The molecule has 0 aliphatic heterocycles. The van der Waals surface area contributed by atoms with E-state index in [1.54, 1.807) is 0 Å². The molecule has 4 nitrogen and oxygen atoms in total. The van der Waals surface area contributed by atoms with Crippen molar-refractivity contribution in [1.82, 2.24) is 15.3 Å². The van der Waals surface area contributed by atoms with E-state index < -0.39 is 0 Å². The van der Waals surface area contributed by atoms with Crippen LogP contribution in [0, 0.1) is 0 Å². The molecule has 0 radical (unpaired) electrons. The highest BCUT2D eigenvalue weighted by molar-refractivity contribution is 9.10. The Morgan fingerprint density at radius 1 is 1.16 bits per heavy atom. The second kappa shape index (κ2) is 6.64. The van der Waals surface area contributed by atoms with E-state index in [9.17, 15) is 4.79 Å². The van der Waals surface area contributed by atoms with Gasteiger partial charge in [0.2, 0.25) is 5.91 Å². The van der Waals surface area contributed by atoms with Crippen molar-refractivity contribution < 1.29 is 4.79 Å². The van der Waals surface area contributed by atoms with Crippen LogP contribution in [-0.2, 0) is 16.6 Å². The Bertz CT molecular complexity index is 864. The first kappa shape index (κ1) is 16.3. The molecule has 1 heterocycles. The van der Waals surface area contributed by atoms with E-state index in [2.05, 4.69) is 43.3 Å². The van der Waals surface area contributed by atoms with Crippen molar-refractivity contribution in [3.63, 3.8) is 0 Å². The first-order valence-corrected chi connectivity index (χ1v) is 9.45. The molecule has 0 atom stereocenters. The number of hydrogen-bond donors (Lipinski definition) is 2. The number of nitrogens with one attached hydrogen (secondary N) is 2. The number of aromatic nitrogens is 2. The van der Waals surface area contributed by atoms with Gasteiger partial charge in [-0.05, 0) is 42.7 Å². The van der Waals surface area contributed by atoms with Gasteiger partial charge in [0.05, 0.1) is 16.4 Å². The zero-order valence-corrected chi connectivity index (χ0v) is 15.5. The van der Waals surface area contributed by atoms with Gasteiger partial charge in [-0.3, -0.25) is 4.79 Å². The lowest BCUT2D eigenvalue weighted by Crippen LogP contribution is -2.49. The van der Waals surface area contributed by atoms with Gasteiger partial charge in [0.1, 0.15) is 5.82 Å². The van der Waals surface area contributed by atoms with Gasteiger partial charge in [-0.15, -0.1) is 0 Å². The molecule has 0 bridgehead atoms. The van der Waals surface area contributed by atoms with Crippen molar-refractivity contribution in [2.45, 2.75) is 31.1 Å². The predicted octanol–water partition coefficient (Wildman–Crippen LogP) is 4.11. The molecule has 2 aromatic carbocycles. The van der Waals surface area contributed by atoms with Crippen molar-refractivity contribution in [1.29, 1.82) is 0 Å². The molecule has 1 amide bonds. The SMILES string of the molecule is O=C(NCCc1nc2ccccc2[nH]1)C1(c2ccc(Br)cc2)CCC1. The average molecular weight is 398 g/mol. The van der Waals surface area contributed by atoms with Crippen molar-refractivity contribution in [3.8, 4) is 0 Å². The lowest BCUT2D eigenvalue weighted by molar-refractivity contribution is -0.129. The van der Waals surface area contributed by atoms with Crippen LogP contribution in [0.3, 0.4) is 0 Å². The van der Waals surface area contributed by atoms with Crippen LogP contribution >= 0.6 is 15.9 Å². The van der Waals surface area contributed by atoms with Crippen LogP contribution in [0.1, 0.15) is 30.7 Å². The third-order valence-electron chi connectivity index (χ3n) is 5.12. The number of carbonyl (C=O) groups is 1. The molecule has 1 aliphatic rings. The lowest BCUT2D eigenvalue weighted by Gasteiger charge is -2.40. The van der Waals surface area contributed by atoms with Crippen LogP contribution in [0.15, 0.2) is 53.0 Å². The van der Waals surface area contributed by atoms with E-state index in [4.69, 9.17) is 0 Å². The quantitative estimate of drug-likeness (QED) is 0.680. The zero-order valence-electron chi connectivity index (χ0n) is 13.9. The second-order valence-electron chi connectivity index (χ2n) is 6.65. The Kier molecular flexibility index (Phi) is 4.34. The molecule has 1 fully saturated rings. The van der Waals surface area contributed by atoms with Gasteiger partial charge in [-0.25, -0.2) is 4.98 Å². The number of aromatic amines is 1. The Labute approximate surface area is 155 Å². The fourth-order valence-corrected chi connectivity index (χ4v) is 3.80. The summed E-state index contributed by atoms with van der Waals surface area (Å²) in [5.41, 5.74) is 2.76. The summed E-state index contributed by atoms with van der Waals surface area (Å²) >= 11 is 3.46. The molecular weight excluding hydrogens is 378 g/mol. The molecule has 1 aromatic heterocycles. The summed E-state index contributed by atoms with van der Waals surface area (Å²) in [6.07, 6.45) is 3.65. The van der Waals surface area contributed by atoms with Gasteiger partial charge in [0.25, 0.3) is 0 Å². The third-order valence-corrected chi connectivity index (χ3v) is 5.65. The number of amides is 1.